The van der Waals surface area contributed by atoms with Gasteiger partial charge in [-0.25, -0.2) is 9.59 Å². The van der Waals surface area contributed by atoms with E-state index in [0.29, 0.717) is 10.0 Å². The zero-order valence-electron chi connectivity index (χ0n) is 57.4. The van der Waals surface area contributed by atoms with Gasteiger partial charge >= 0.3 is 11.9 Å². The molecule has 0 fully saturated rings. The van der Waals surface area contributed by atoms with Crippen molar-refractivity contribution in [3.05, 3.63) is 143 Å². The van der Waals surface area contributed by atoms with Gasteiger partial charge in [-0.3, -0.25) is 36.9 Å². The quantitative estimate of drug-likeness (QED) is 0.0179. The number of carboxylic acid groups (broad SMARTS) is 2. The van der Waals surface area contributed by atoms with Gasteiger partial charge in [0.2, 0.25) is 46.4 Å². The van der Waals surface area contributed by atoms with E-state index in [2.05, 4.69) is 81.8 Å². The first kappa shape index (κ1) is 103. The molecule has 110 heavy (non-hydrogen) atoms. The number of carboxylic acids is 2. The van der Waals surface area contributed by atoms with Gasteiger partial charge < -0.3 is 31.5 Å². The number of aliphatic carboxylic acids is 2. The van der Waals surface area contributed by atoms with Crippen LogP contribution in [0, 0.1) is 0 Å². The molecule has 58 heteroatoms. The summed E-state index contributed by atoms with van der Waals surface area (Å²) in [5, 5.41) is 52.5. The molecule has 10 rings (SSSR count). The zero-order valence-corrected chi connectivity index (χ0v) is 79.8. The van der Waals surface area contributed by atoms with E-state index in [4.69, 9.17) is 23.2 Å². The first-order valence-electron chi connectivity index (χ1n) is 26.9. The van der Waals surface area contributed by atoms with Crippen LogP contribution in [0.5, 0.6) is 0 Å². The van der Waals surface area contributed by atoms with Gasteiger partial charge in [0.25, 0.3) is 72.5 Å². The molecule has 8 radical (unpaired) electrons. The van der Waals surface area contributed by atoms with Gasteiger partial charge in [-0.1, -0.05) is 24.3 Å². The van der Waals surface area contributed by atoms with Gasteiger partial charge in [-0.2, -0.15) is 121 Å². The van der Waals surface area contributed by atoms with E-state index in [9.17, 15) is 107 Å². The molecular formula is C52H36Cl2N18Na8O24S6. The summed E-state index contributed by atoms with van der Waals surface area (Å²) in [5.74, 6) is -7.59. The van der Waals surface area contributed by atoms with E-state index >= 15 is 0 Å². The van der Waals surface area contributed by atoms with Gasteiger partial charge in [0.1, 0.15) is 31.0 Å². The number of aromatic nitrogens is 6. The number of carbonyl (C=O) groups excluding carboxylic acids is 2. The Labute approximate surface area is 807 Å². The summed E-state index contributed by atoms with van der Waals surface area (Å²) in [5.41, 5.74) is -4.81. The van der Waals surface area contributed by atoms with Crippen molar-refractivity contribution < 1.29 is 107 Å². The van der Waals surface area contributed by atoms with Crippen LogP contribution in [0.4, 0.5) is 69.3 Å². The van der Waals surface area contributed by atoms with Gasteiger partial charge in [0.15, 0.2) is 11.4 Å². The maximum Gasteiger partial charge on any atom is 0.355 e. The molecule has 4 heterocycles. The fourth-order valence-electron chi connectivity index (χ4n) is 8.89. The Balaban J connectivity index is 0.00000513. The molecule has 0 spiro atoms. The molecule has 0 bridgehead atoms. The van der Waals surface area contributed by atoms with Crippen molar-refractivity contribution in [3.63, 3.8) is 0 Å². The summed E-state index contributed by atoms with van der Waals surface area (Å²) in [6.45, 7) is 0. The molecule has 42 nitrogen and oxygen atoms in total. The zero-order chi connectivity index (χ0) is 74.3. The van der Waals surface area contributed by atoms with Gasteiger partial charge in [0.05, 0.1) is 21.2 Å². The molecule has 2 aliphatic rings. The van der Waals surface area contributed by atoms with Crippen LogP contribution in [0.1, 0.15) is 11.1 Å². The molecule has 2 aliphatic heterocycles. The van der Waals surface area contributed by atoms with Crippen molar-refractivity contribution in [1.82, 2.24) is 29.9 Å². The SMILES string of the molecule is O=C(O)C1=NN(c2ccc(S(=O)(=O)O)cc2)C(=O)C1N=Nc1cc(Nc2nc(Cl)nc(Nc3ccc(C=Cc4ccc(Nc5nc(Cl)nc(Nc6ccc(S(=O)(=O)O)c(N=NC7C(=O)N(c8ccc(S(=O)(=O)O)cc8)N=C7C(=O)O)c6)n5)cc4S(=O)(=O)O)c(S(=O)(=O)O)c3)n2)ccc1S(=O)(=O)O.[Na].[Na].[Na].[Na].[Na].[Na].[Na].[Na]. The predicted molar refractivity (Wildman–Crippen MR) is 397 cm³/mol. The number of azo groups is 2. The molecule has 536 valence electrons. The maximum absolute atomic E-state index is 13.4. The smallest absolute Gasteiger partial charge is 0.355 e. The molecule has 12 N–H and O–H groups in total. The van der Waals surface area contributed by atoms with Crippen LogP contribution in [0.25, 0.3) is 12.2 Å². The summed E-state index contributed by atoms with van der Waals surface area (Å²) >= 11 is 12.4. The molecule has 2 amide bonds. The normalized spacial score (nSPS) is 14.4. The van der Waals surface area contributed by atoms with Gasteiger partial charge in [-0.15, -0.1) is 0 Å². The minimum atomic E-state index is -5.16. The van der Waals surface area contributed by atoms with Crippen LogP contribution < -0.4 is 31.3 Å². The molecule has 2 aromatic heterocycles. The summed E-state index contributed by atoms with van der Waals surface area (Å²) in [6.07, 6.45) is 2.07. The molecule has 0 aliphatic carbocycles. The number of amides is 2. The minimum absolute atomic E-state index is 0. The second-order valence-corrected chi connectivity index (χ2v) is 29.2. The third-order valence-corrected chi connectivity index (χ3v) is 19.0. The van der Waals surface area contributed by atoms with Gasteiger partial charge in [0, 0.05) is 259 Å². The van der Waals surface area contributed by atoms with Crippen molar-refractivity contribution in [2.45, 2.75) is 41.5 Å². The van der Waals surface area contributed by atoms with E-state index in [0.717, 1.165) is 121 Å². The second-order valence-electron chi connectivity index (χ2n) is 20.2. The second kappa shape index (κ2) is 41.7. The van der Waals surface area contributed by atoms with Crippen molar-refractivity contribution >= 4 is 437 Å². The molecule has 0 saturated heterocycles. The fraction of sp³-hybridized carbons (Fsp3) is 0.0385. The predicted octanol–water partition coefficient (Wildman–Crippen LogP) is 2.82. The Kier molecular flexibility index (Phi) is 39.0. The first-order chi connectivity index (χ1) is 47.6. The summed E-state index contributed by atoms with van der Waals surface area (Å²) in [7, 11) is -29.9. The van der Waals surface area contributed by atoms with Crippen LogP contribution in [-0.4, -0.2) is 402 Å². The molecule has 0 saturated carbocycles. The molecular weight excluding hydrogens is 1710 g/mol. The minimum Gasteiger partial charge on any atom is -0.477 e. The van der Waals surface area contributed by atoms with Crippen molar-refractivity contribution in [2.75, 3.05) is 31.3 Å². The van der Waals surface area contributed by atoms with Crippen LogP contribution in [-0.2, 0) is 79.9 Å². The molecule has 2 atom stereocenters. The Morgan fingerprint density at radius 1 is 0.382 bits per heavy atom. The number of benzene rings is 6. The van der Waals surface area contributed by atoms with Gasteiger partial charge in [-0.05, 0) is 144 Å². The molecule has 6 aromatic carbocycles. The summed E-state index contributed by atoms with van der Waals surface area (Å²) in [4.78, 5) is 70.5. The number of hydrazone groups is 2. The first-order valence-corrected chi connectivity index (χ1v) is 36.3. The van der Waals surface area contributed by atoms with E-state index < -0.39 is 183 Å². The third-order valence-electron chi connectivity index (χ3n) is 13.3. The monoisotopic (exact) mass is 1740 g/mol. The number of hydrogen-bond acceptors (Lipinski definition) is 32. The largest absolute Gasteiger partial charge is 0.477 e. The van der Waals surface area contributed by atoms with E-state index in [1.807, 2.05) is 0 Å². The Hall–Kier alpha value is -3.26. The van der Waals surface area contributed by atoms with E-state index in [-0.39, 0.29) is 282 Å². The number of anilines is 10. The number of nitrogens with one attached hydrogen (secondary N) is 4. The molecule has 2 unspecified atom stereocenters. The topological polar surface area (TPSA) is 641 Å². The average Bonchev–Trinajstić information content (AvgIpc) is 1.46. The summed E-state index contributed by atoms with van der Waals surface area (Å²) < 4.78 is 207. The number of halogens is 2. The van der Waals surface area contributed by atoms with Crippen molar-refractivity contribution in [1.29, 1.82) is 0 Å². The van der Waals surface area contributed by atoms with Crippen LogP contribution in [0.3, 0.4) is 0 Å². The third kappa shape index (κ3) is 26.1. The van der Waals surface area contributed by atoms with Crippen LogP contribution in [0.15, 0.2) is 181 Å². The number of carbonyl (C=O) groups is 4. The van der Waals surface area contributed by atoms with Crippen LogP contribution >= 0.6 is 23.2 Å². The average molecular weight is 1740 g/mol. The van der Waals surface area contributed by atoms with E-state index in [1.165, 1.54) is 12.1 Å². The van der Waals surface area contributed by atoms with E-state index in [1.54, 1.807) is 0 Å². The Morgan fingerprint density at radius 2 is 0.655 bits per heavy atom. The molecule has 8 aromatic rings. The Bertz CT molecular complexity index is 5480. The number of rotatable bonds is 24. The maximum atomic E-state index is 13.4. The number of nitrogens with zero attached hydrogens (tertiary/aromatic N) is 14. The Morgan fingerprint density at radius 3 is 0.918 bits per heavy atom. The van der Waals surface area contributed by atoms with Crippen LogP contribution in [0.2, 0.25) is 10.6 Å². The van der Waals surface area contributed by atoms with Crippen molar-refractivity contribution in [2.24, 2.45) is 30.7 Å². The number of hydrogen-bond donors (Lipinski definition) is 12. The fourth-order valence-corrected chi connectivity index (χ4v) is 12.8. The summed E-state index contributed by atoms with van der Waals surface area (Å²) in [6, 6.07) is 15.5. The standard InChI is InChI=1S/C52H36Cl2N18O24S6.8Na/c53-47-59-49(55-25-7-17-35(99(85,86)87)33(19-25)65-67-39-41(45(75)76)69-71(43(39)73)29-9-13-31(14-10-29)97(79,80)81)63-51(61-47)57-27-5-3-23(37(21-27)101(91,92)93)1-2-24-4-6-28(22-38(24)102(94,95)96)58-52-62-48(54)60-50(64-52)56-26-8-18-36(100(88,89)90)34(20-26)66-68-40-42(46(77)78)70-72(44(40)74)30-11-15-32(16-12-30)98(82,83)84;;;;;;;;/h1-22,39-40H,(H,75,76)(H,77,78)(H,79,80,81)(H,82,83,84)(H,85,86,87)(H,88,89,90)(H,91,92,93)(H,94,95,96)(H2,55,57,59,61,63)(H2,56,58,60,62,64);;;;;;;;. The van der Waals surface area contributed by atoms with Crippen molar-refractivity contribution in [3.8, 4) is 0 Å².